The summed E-state index contributed by atoms with van der Waals surface area (Å²) in [6, 6.07) is 12.9. The fraction of sp³-hybridized carbons (Fsp3) is 0.158. The van der Waals surface area contributed by atoms with Gasteiger partial charge in [0.05, 0.1) is 0 Å². The summed E-state index contributed by atoms with van der Waals surface area (Å²) in [4.78, 5) is 23.8. The molecule has 3 rings (SSSR count). The van der Waals surface area contributed by atoms with E-state index in [9.17, 15) is 9.59 Å². The van der Waals surface area contributed by atoms with Crippen LogP contribution in [0.3, 0.4) is 0 Å². The van der Waals surface area contributed by atoms with Crippen molar-refractivity contribution < 1.29 is 14.0 Å². The molecule has 24 heavy (non-hydrogen) atoms. The monoisotopic (exact) mass is 322 g/mol. The van der Waals surface area contributed by atoms with Crippen LogP contribution in [0.25, 0.3) is 11.0 Å². The smallest absolute Gasteiger partial charge is 0.291 e. The number of nitrogens with one attached hydrogen (secondary N) is 2. The molecule has 0 spiro atoms. The zero-order valence-electron chi connectivity index (χ0n) is 13.8. The summed E-state index contributed by atoms with van der Waals surface area (Å²) in [5.41, 5.74) is 3.57. The number of furan rings is 1. The Hall–Kier alpha value is -3.08. The molecule has 0 saturated carbocycles. The van der Waals surface area contributed by atoms with Gasteiger partial charge < -0.3 is 15.1 Å². The summed E-state index contributed by atoms with van der Waals surface area (Å²) >= 11 is 0. The van der Waals surface area contributed by atoms with Crippen LogP contribution in [0.1, 0.15) is 28.6 Å². The van der Waals surface area contributed by atoms with Gasteiger partial charge >= 0.3 is 0 Å². The number of carbonyl (C=O) groups excluding carboxylic acids is 2. The van der Waals surface area contributed by atoms with Crippen LogP contribution in [0.15, 0.2) is 46.9 Å². The first-order valence-electron chi connectivity index (χ1n) is 7.64. The number of rotatable bonds is 3. The van der Waals surface area contributed by atoms with Crippen molar-refractivity contribution >= 4 is 34.2 Å². The van der Waals surface area contributed by atoms with E-state index in [4.69, 9.17) is 4.42 Å². The van der Waals surface area contributed by atoms with E-state index in [1.54, 1.807) is 18.2 Å². The first-order chi connectivity index (χ1) is 11.5. The Kier molecular flexibility index (Phi) is 4.08. The van der Waals surface area contributed by atoms with Gasteiger partial charge in [-0.05, 0) is 37.6 Å². The van der Waals surface area contributed by atoms with E-state index in [2.05, 4.69) is 10.6 Å². The lowest BCUT2D eigenvalue weighted by molar-refractivity contribution is -0.114. The van der Waals surface area contributed by atoms with Crippen molar-refractivity contribution in [2.45, 2.75) is 20.8 Å². The molecule has 0 saturated heterocycles. The predicted molar refractivity (Wildman–Crippen MR) is 94.4 cm³/mol. The molecule has 3 aromatic rings. The highest BCUT2D eigenvalue weighted by atomic mass is 16.3. The van der Waals surface area contributed by atoms with Crippen LogP contribution < -0.4 is 10.6 Å². The molecule has 2 aromatic carbocycles. The predicted octanol–water partition coefficient (Wildman–Crippen LogP) is 4.26. The fourth-order valence-electron chi connectivity index (χ4n) is 2.67. The van der Waals surface area contributed by atoms with E-state index >= 15 is 0 Å². The van der Waals surface area contributed by atoms with Crippen LogP contribution in [0.5, 0.6) is 0 Å². The Morgan fingerprint density at radius 3 is 2.21 bits per heavy atom. The Morgan fingerprint density at radius 2 is 1.54 bits per heavy atom. The van der Waals surface area contributed by atoms with Gasteiger partial charge in [0.15, 0.2) is 5.76 Å². The summed E-state index contributed by atoms with van der Waals surface area (Å²) in [5.74, 6) is -0.179. The van der Waals surface area contributed by atoms with Gasteiger partial charge in [-0.2, -0.15) is 0 Å². The SMILES string of the molecule is CC(=O)Nc1cccc(NC(=O)c2oc3ccccc3c2C)c1C. The van der Waals surface area contributed by atoms with Crippen LogP contribution in [-0.2, 0) is 4.79 Å². The number of carbonyl (C=O) groups is 2. The Bertz CT molecular complexity index is 941. The van der Waals surface area contributed by atoms with Crippen LogP contribution in [0.4, 0.5) is 11.4 Å². The highest BCUT2D eigenvalue weighted by Crippen LogP contribution is 2.27. The van der Waals surface area contributed by atoms with Crippen LogP contribution in [0.2, 0.25) is 0 Å². The van der Waals surface area contributed by atoms with Crippen molar-refractivity contribution in [3.63, 3.8) is 0 Å². The fourth-order valence-corrected chi connectivity index (χ4v) is 2.67. The van der Waals surface area contributed by atoms with E-state index in [1.165, 1.54) is 6.92 Å². The van der Waals surface area contributed by atoms with Crippen molar-refractivity contribution in [2.75, 3.05) is 10.6 Å². The van der Waals surface area contributed by atoms with Gasteiger partial charge in [0.1, 0.15) is 5.58 Å². The topological polar surface area (TPSA) is 71.3 Å². The van der Waals surface area contributed by atoms with Crippen molar-refractivity contribution in [1.29, 1.82) is 0 Å². The molecule has 5 nitrogen and oxygen atoms in total. The van der Waals surface area contributed by atoms with Gasteiger partial charge in [0, 0.05) is 29.2 Å². The minimum absolute atomic E-state index is 0.158. The molecule has 0 aliphatic carbocycles. The number of hydrogen-bond acceptors (Lipinski definition) is 3. The highest BCUT2D eigenvalue weighted by Gasteiger charge is 2.18. The standard InChI is InChI=1S/C19H18N2O3/c1-11-14-7-4-5-10-17(14)24-18(11)19(23)21-16-9-6-8-15(12(16)2)20-13(3)22/h4-10H,1-3H3,(H,20,22)(H,21,23). The van der Waals surface area contributed by atoms with Crippen LogP contribution >= 0.6 is 0 Å². The molecule has 0 aliphatic rings. The summed E-state index contributed by atoms with van der Waals surface area (Å²) < 4.78 is 5.69. The number of fused-ring (bicyclic) bond motifs is 1. The maximum Gasteiger partial charge on any atom is 0.291 e. The minimum atomic E-state index is -0.313. The van der Waals surface area contributed by atoms with Gasteiger partial charge in [0.25, 0.3) is 5.91 Å². The third-order valence-electron chi connectivity index (χ3n) is 3.94. The number of hydrogen-bond donors (Lipinski definition) is 2. The van der Waals surface area contributed by atoms with Gasteiger partial charge in [-0.25, -0.2) is 0 Å². The maximum absolute atomic E-state index is 12.6. The molecule has 0 atom stereocenters. The number of anilines is 2. The first kappa shape index (κ1) is 15.8. The third-order valence-corrected chi connectivity index (χ3v) is 3.94. The zero-order valence-corrected chi connectivity index (χ0v) is 13.8. The normalized spacial score (nSPS) is 10.6. The molecule has 0 fully saturated rings. The number of amides is 2. The molecule has 0 bridgehead atoms. The van der Waals surface area contributed by atoms with E-state index in [1.807, 2.05) is 38.1 Å². The average molecular weight is 322 g/mol. The Balaban J connectivity index is 1.92. The van der Waals surface area contributed by atoms with Gasteiger partial charge in [-0.3, -0.25) is 9.59 Å². The molecular weight excluding hydrogens is 304 g/mol. The lowest BCUT2D eigenvalue weighted by atomic mass is 10.1. The van der Waals surface area contributed by atoms with Crippen molar-refractivity contribution in [3.8, 4) is 0 Å². The zero-order chi connectivity index (χ0) is 17.3. The molecule has 1 aromatic heterocycles. The second kappa shape index (κ2) is 6.20. The Morgan fingerprint density at radius 1 is 0.875 bits per heavy atom. The van der Waals surface area contributed by atoms with E-state index in [0.717, 1.165) is 16.5 Å². The quantitative estimate of drug-likeness (QED) is 0.757. The molecule has 0 radical (unpaired) electrons. The average Bonchev–Trinajstić information content (AvgIpc) is 2.88. The highest BCUT2D eigenvalue weighted by molar-refractivity contribution is 6.07. The minimum Gasteiger partial charge on any atom is -0.451 e. The van der Waals surface area contributed by atoms with E-state index in [0.29, 0.717) is 22.7 Å². The van der Waals surface area contributed by atoms with Crippen molar-refractivity contribution in [2.24, 2.45) is 0 Å². The van der Waals surface area contributed by atoms with Crippen LogP contribution in [-0.4, -0.2) is 11.8 Å². The molecule has 1 heterocycles. The molecule has 0 aliphatic heterocycles. The summed E-state index contributed by atoms with van der Waals surface area (Å²) in [6.45, 7) is 5.15. The van der Waals surface area contributed by atoms with Gasteiger partial charge in [0.2, 0.25) is 5.91 Å². The molecule has 5 heteroatoms. The summed E-state index contributed by atoms with van der Waals surface area (Å²) in [6.07, 6.45) is 0. The first-order valence-corrected chi connectivity index (χ1v) is 7.64. The molecular formula is C19H18N2O3. The number of benzene rings is 2. The van der Waals surface area contributed by atoms with Crippen LogP contribution in [0, 0.1) is 13.8 Å². The molecule has 122 valence electrons. The number of aryl methyl sites for hydroxylation is 1. The summed E-state index contributed by atoms with van der Waals surface area (Å²) in [5, 5.41) is 6.53. The van der Waals surface area contributed by atoms with Gasteiger partial charge in [-0.1, -0.05) is 24.3 Å². The van der Waals surface area contributed by atoms with Gasteiger partial charge in [-0.15, -0.1) is 0 Å². The lowest BCUT2D eigenvalue weighted by Crippen LogP contribution is -2.14. The number of para-hydroxylation sites is 1. The molecule has 0 unspecified atom stereocenters. The third kappa shape index (κ3) is 2.88. The lowest BCUT2D eigenvalue weighted by Gasteiger charge is -2.12. The van der Waals surface area contributed by atoms with Crippen molar-refractivity contribution in [1.82, 2.24) is 0 Å². The second-order valence-electron chi connectivity index (χ2n) is 5.67. The molecule has 2 amide bonds. The van der Waals surface area contributed by atoms with Crippen molar-refractivity contribution in [3.05, 3.63) is 59.4 Å². The summed E-state index contributed by atoms with van der Waals surface area (Å²) in [7, 11) is 0. The molecule has 2 N–H and O–H groups in total. The maximum atomic E-state index is 12.6. The Labute approximate surface area is 139 Å². The van der Waals surface area contributed by atoms with E-state index < -0.39 is 0 Å². The second-order valence-corrected chi connectivity index (χ2v) is 5.67. The largest absolute Gasteiger partial charge is 0.451 e. The van der Waals surface area contributed by atoms with E-state index in [-0.39, 0.29) is 11.8 Å².